The van der Waals surface area contributed by atoms with Crippen molar-refractivity contribution in [3.8, 4) is 11.3 Å². The summed E-state index contributed by atoms with van der Waals surface area (Å²) in [5, 5.41) is 9.00. The van der Waals surface area contributed by atoms with Crippen molar-refractivity contribution in [2.75, 3.05) is 4.90 Å². The van der Waals surface area contributed by atoms with E-state index in [0.717, 1.165) is 21.2 Å². The molecule has 1 amide bonds. The zero-order valence-electron chi connectivity index (χ0n) is 15.7. The second kappa shape index (κ2) is 7.99. The Labute approximate surface area is 201 Å². The Hall–Kier alpha value is -2.31. The first-order valence-electron chi connectivity index (χ1n) is 9.32. The van der Waals surface area contributed by atoms with Crippen molar-refractivity contribution in [3.63, 3.8) is 0 Å². The van der Waals surface area contributed by atoms with Crippen LogP contribution in [0.1, 0.15) is 27.7 Å². The summed E-state index contributed by atoms with van der Waals surface area (Å²) in [7, 11) is 0. The van der Waals surface area contributed by atoms with Crippen molar-refractivity contribution >= 4 is 62.3 Å². The lowest BCUT2D eigenvalue weighted by Crippen LogP contribution is -2.29. The normalized spacial score (nSPS) is 15.4. The largest absolute Gasteiger partial charge is 0.295 e. The lowest BCUT2D eigenvalue weighted by atomic mass is 9.96. The van der Waals surface area contributed by atoms with Crippen LogP contribution in [0, 0.1) is 0 Å². The number of carbonyl (C=O) groups is 1. The van der Waals surface area contributed by atoms with Gasteiger partial charge in [0.1, 0.15) is 5.69 Å². The number of rotatable bonds is 3. The molecule has 0 saturated carbocycles. The standard InChI is InChI=1S/C23H13BrCl3N3O/c24-13-3-1-12(2-4-13)20-19-21(29-28-20)23(31)30(16-8-5-14(25)6-9-16)22(19)17-10-7-15(26)11-18(17)27/h1-11,22H,(H,28,29). The van der Waals surface area contributed by atoms with Gasteiger partial charge < -0.3 is 0 Å². The van der Waals surface area contributed by atoms with Crippen LogP contribution in [0.5, 0.6) is 0 Å². The highest BCUT2D eigenvalue weighted by Gasteiger charge is 2.43. The first kappa shape index (κ1) is 20.6. The lowest BCUT2D eigenvalue weighted by Gasteiger charge is -2.27. The van der Waals surface area contributed by atoms with Gasteiger partial charge in [-0.2, -0.15) is 5.10 Å². The number of anilines is 1. The molecule has 1 aliphatic rings. The van der Waals surface area contributed by atoms with Gasteiger partial charge in [-0.3, -0.25) is 14.8 Å². The first-order chi connectivity index (χ1) is 14.9. The van der Waals surface area contributed by atoms with Crippen molar-refractivity contribution in [3.05, 3.63) is 103 Å². The van der Waals surface area contributed by atoms with Gasteiger partial charge in [0.05, 0.1) is 11.7 Å². The van der Waals surface area contributed by atoms with E-state index in [1.807, 2.05) is 42.5 Å². The number of amides is 1. The molecule has 0 fully saturated rings. The predicted molar refractivity (Wildman–Crippen MR) is 128 cm³/mol. The quantitative estimate of drug-likeness (QED) is 0.296. The van der Waals surface area contributed by atoms with Crippen LogP contribution in [-0.4, -0.2) is 16.1 Å². The number of nitrogens with one attached hydrogen (secondary N) is 1. The van der Waals surface area contributed by atoms with Gasteiger partial charge in [-0.15, -0.1) is 0 Å². The third-order valence-corrected chi connectivity index (χ3v) is 6.59. The van der Waals surface area contributed by atoms with Crippen LogP contribution in [0.4, 0.5) is 5.69 Å². The highest BCUT2D eigenvalue weighted by Crippen LogP contribution is 2.47. The second-order valence-electron chi connectivity index (χ2n) is 7.09. The van der Waals surface area contributed by atoms with E-state index in [1.165, 1.54) is 0 Å². The Morgan fingerprint density at radius 2 is 1.58 bits per heavy atom. The van der Waals surface area contributed by atoms with E-state index in [2.05, 4.69) is 26.1 Å². The molecule has 0 bridgehead atoms. The number of aromatic amines is 1. The van der Waals surface area contributed by atoms with Crippen LogP contribution in [-0.2, 0) is 0 Å². The van der Waals surface area contributed by atoms with Gasteiger partial charge in [0.25, 0.3) is 5.91 Å². The van der Waals surface area contributed by atoms with Gasteiger partial charge in [0.2, 0.25) is 0 Å². The number of halogens is 4. The molecule has 4 nitrogen and oxygen atoms in total. The molecule has 5 rings (SSSR count). The molecule has 1 atom stereocenters. The number of hydrogen-bond donors (Lipinski definition) is 1. The topological polar surface area (TPSA) is 49.0 Å². The van der Waals surface area contributed by atoms with Gasteiger partial charge in [-0.1, -0.05) is 68.9 Å². The molecule has 1 aliphatic heterocycles. The van der Waals surface area contributed by atoms with Crippen LogP contribution < -0.4 is 4.90 Å². The summed E-state index contributed by atoms with van der Waals surface area (Å²) >= 11 is 22.3. The minimum atomic E-state index is -0.481. The smallest absolute Gasteiger partial charge is 0.277 e. The molecular formula is C23H13BrCl3N3O. The van der Waals surface area contributed by atoms with Crippen molar-refractivity contribution in [2.45, 2.75) is 6.04 Å². The van der Waals surface area contributed by atoms with E-state index in [9.17, 15) is 4.79 Å². The van der Waals surface area contributed by atoms with Crippen LogP contribution in [0.2, 0.25) is 15.1 Å². The molecule has 1 aromatic heterocycles. The molecule has 154 valence electrons. The predicted octanol–water partition coefficient (Wildman–Crippen LogP) is 7.55. The van der Waals surface area contributed by atoms with Crippen LogP contribution in [0.25, 0.3) is 11.3 Å². The molecule has 31 heavy (non-hydrogen) atoms. The first-order valence-corrected chi connectivity index (χ1v) is 11.2. The molecule has 1 unspecified atom stereocenters. The molecule has 0 spiro atoms. The molecule has 2 heterocycles. The molecule has 0 radical (unpaired) electrons. The summed E-state index contributed by atoms with van der Waals surface area (Å²) in [4.78, 5) is 15.2. The average Bonchev–Trinajstić information content (AvgIpc) is 3.29. The molecule has 1 N–H and O–H groups in total. The highest BCUT2D eigenvalue weighted by molar-refractivity contribution is 9.10. The molecule has 0 aliphatic carbocycles. The Bertz CT molecular complexity index is 1300. The fourth-order valence-electron chi connectivity index (χ4n) is 3.86. The third-order valence-electron chi connectivity index (χ3n) is 5.25. The maximum atomic E-state index is 13.5. The summed E-state index contributed by atoms with van der Waals surface area (Å²) in [6, 6.07) is 19.7. The number of aromatic nitrogens is 2. The van der Waals surface area contributed by atoms with Gasteiger partial charge >= 0.3 is 0 Å². The minimum Gasteiger partial charge on any atom is -0.295 e. The van der Waals surface area contributed by atoms with Crippen LogP contribution >= 0.6 is 50.7 Å². The number of hydrogen-bond acceptors (Lipinski definition) is 2. The van der Waals surface area contributed by atoms with E-state index in [1.54, 1.807) is 29.2 Å². The van der Waals surface area contributed by atoms with E-state index in [0.29, 0.717) is 32.1 Å². The van der Waals surface area contributed by atoms with Gasteiger partial charge in [-0.25, -0.2) is 0 Å². The summed E-state index contributed by atoms with van der Waals surface area (Å²) < 4.78 is 0.958. The molecule has 0 saturated heterocycles. The Balaban J connectivity index is 1.74. The average molecular weight is 534 g/mol. The maximum Gasteiger partial charge on any atom is 0.277 e. The fraction of sp³-hybridized carbons (Fsp3) is 0.0435. The Morgan fingerprint density at radius 1 is 0.903 bits per heavy atom. The second-order valence-corrected chi connectivity index (χ2v) is 9.28. The highest BCUT2D eigenvalue weighted by atomic mass is 79.9. The van der Waals surface area contributed by atoms with Crippen LogP contribution in [0.3, 0.4) is 0 Å². The van der Waals surface area contributed by atoms with E-state index < -0.39 is 6.04 Å². The number of benzene rings is 3. The van der Waals surface area contributed by atoms with Gasteiger partial charge in [0, 0.05) is 36.4 Å². The third kappa shape index (κ3) is 3.56. The van der Waals surface area contributed by atoms with Crippen molar-refractivity contribution in [2.24, 2.45) is 0 Å². The molecule has 8 heteroatoms. The van der Waals surface area contributed by atoms with Gasteiger partial charge in [-0.05, 0) is 54.1 Å². The number of carbonyl (C=O) groups excluding carboxylic acids is 1. The van der Waals surface area contributed by atoms with E-state index in [4.69, 9.17) is 34.8 Å². The molecule has 3 aromatic carbocycles. The van der Waals surface area contributed by atoms with E-state index >= 15 is 0 Å². The minimum absolute atomic E-state index is 0.191. The van der Waals surface area contributed by atoms with Crippen molar-refractivity contribution in [1.29, 1.82) is 0 Å². The Kier molecular flexibility index (Phi) is 5.30. The molecular weight excluding hydrogens is 521 g/mol. The van der Waals surface area contributed by atoms with Gasteiger partial charge in [0.15, 0.2) is 0 Å². The lowest BCUT2D eigenvalue weighted by molar-refractivity contribution is 0.0989. The van der Waals surface area contributed by atoms with Crippen molar-refractivity contribution in [1.82, 2.24) is 10.2 Å². The maximum absolute atomic E-state index is 13.5. The van der Waals surface area contributed by atoms with Crippen molar-refractivity contribution < 1.29 is 4.79 Å². The zero-order chi connectivity index (χ0) is 21.7. The number of fused-ring (bicyclic) bond motifs is 1. The summed E-state index contributed by atoms with van der Waals surface area (Å²) in [6.45, 7) is 0. The monoisotopic (exact) mass is 531 g/mol. The Morgan fingerprint density at radius 3 is 2.26 bits per heavy atom. The molecule has 4 aromatic rings. The summed E-state index contributed by atoms with van der Waals surface area (Å²) in [5.74, 6) is -0.191. The summed E-state index contributed by atoms with van der Waals surface area (Å²) in [6.07, 6.45) is 0. The zero-order valence-corrected chi connectivity index (χ0v) is 19.6. The fourth-order valence-corrected chi connectivity index (χ4v) is 4.76. The van der Waals surface area contributed by atoms with Crippen LogP contribution in [0.15, 0.2) is 71.2 Å². The number of H-pyrrole nitrogens is 1. The van der Waals surface area contributed by atoms with E-state index in [-0.39, 0.29) is 5.91 Å². The number of nitrogens with zero attached hydrogens (tertiary/aromatic N) is 2. The summed E-state index contributed by atoms with van der Waals surface area (Å²) in [5.41, 5.74) is 4.25. The SMILES string of the molecule is O=C1c2[nH]nc(-c3ccc(Br)cc3)c2C(c2ccc(Cl)cc2Cl)N1c1ccc(Cl)cc1.